The molecule has 12 heteroatoms. The molecular formula is C22H29N3O8S. The summed E-state index contributed by atoms with van der Waals surface area (Å²) in [5, 5.41) is 14.2. The van der Waals surface area contributed by atoms with Crippen molar-refractivity contribution in [2.75, 3.05) is 27.4 Å². The van der Waals surface area contributed by atoms with Crippen molar-refractivity contribution in [1.82, 2.24) is 10.0 Å². The Kier molecular flexibility index (Phi) is 8.96. The molecule has 0 fully saturated rings. The molecule has 0 aliphatic rings. The van der Waals surface area contributed by atoms with Crippen LogP contribution >= 0.6 is 0 Å². The standard InChI is InChI=1S/C22H29N3O8S/c1-22(2,3)24-34(29,30)20-9-7-6-8-15(20)14-23-21(26)16-12-18(32-5)19(33-11-10-31-4)13-17(16)25(27)28/h6-9,12-13,24H,10-11,14H2,1-5H3,(H,23,26). The van der Waals surface area contributed by atoms with E-state index in [1.54, 1.807) is 39.0 Å². The third-order valence-electron chi connectivity index (χ3n) is 4.41. The maximum Gasteiger partial charge on any atom is 0.286 e. The zero-order valence-corrected chi connectivity index (χ0v) is 20.5. The number of hydrogen-bond acceptors (Lipinski definition) is 8. The minimum Gasteiger partial charge on any atom is -0.493 e. The predicted octanol–water partition coefficient (Wildman–Crippen LogP) is 2.64. The third kappa shape index (κ3) is 7.14. The van der Waals surface area contributed by atoms with Gasteiger partial charge in [0.05, 0.1) is 29.6 Å². The van der Waals surface area contributed by atoms with Gasteiger partial charge in [0.15, 0.2) is 11.5 Å². The van der Waals surface area contributed by atoms with E-state index in [4.69, 9.17) is 14.2 Å². The van der Waals surface area contributed by atoms with E-state index in [1.807, 2.05) is 0 Å². The number of carbonyl (C=O) groups is 1. The van der Waals surface area contributed by atoms with Gasteiger partial charge in [0.25, 0.3) is 11.6 Å². The van der Waals surface area contributed by atoms with Crippen LogP contribution in [0, 0.1) is 10.1 Å². The highest BCUT2D eigenvalue weighted by atomic mass is 32.2. The SMILES string of the molecule is COCCOc1cc([N+](=O)[O-])c(C(=O)NCc2ccccc2S(=O)(=O)NC(C)(C)C)cc1OC. The second kappa shape index (κ2) is 11.3. The molecule has 11 nitrogen and oxygen atoms in total. The lowest BCUT2D eigenvalue weighted by Gasteiger charge is -2.21. The molecule has 34 heavy (non-hydrogen) atoms. The van der Waals surface area contributed by atoms with Gasteiger partial charge in [0, 0.05) is 25.3 Å². The van der Waals surface area contributed by atoms with Crippen molar-refractivity contribution >= 4 is 21.6 Å². The fourth-order valence-electron chi connectivity index (χ4n) is 3.03. The van der Waals surface area contributed by atoms with Crippen molar-refractivity contribution in [3.8, 4) is 11.5 Å². The Hall–Kier alpha value is -3.22. The van der Waals surface area contributed by atoms with Crippen LogP contribution in [0.2, 0.25) is 0 Å². The Balaban J connectivity index is 2.33. The topological polar surface area (TPSA) is 146 Å². The van der Waals surface area contributed by atoms with Crippen molar-refractivity contribution in [3.05, 3.63) is 57.6 Å². The van der Waals surface area contributed by atoms with Gasteiger partial charge in [-0.3, -0.25) is 14.9 Å². The molecule has 0 aromatic heterocycles. The van der Waals surface area contributed by atoms with E-state index < -0.39 is 32.1 Å². The zero-order valence-electron chi connectivity index (χ0n) is 19.7. The van der Waals surface area contributed by atoms with Gasteiger partial charge in [-0.15, -0.1) is 0 Å². The van der Waals surface area contributed by atoms with Gasteiger partial charge >= 0.3 is 0 Å². The van der Waals surface area contributed by atoms with Crippen LogP contribution in [0.1, 0.15) is 36.7 Å². The van der Waals surface area contributed by atoms with Crippen LogP contribution in [-0.4, -0.2) is 52.2 Å². The first-order valence-corrected chi connectivity index (χ1v) is 11.8. The monoisotopic (exact) mass is 495 g/mol. The number of ether oxygens (including phenoxy) is 3. The average molecular weight is 496 g/mol. The first-order chi connectivity index (χ1) is 15.9. The number of benzene rings is 2. The van der Waals surface area contributed by atoms with E-state index in [2.05, 4.69) is 10.0 Å². The minimum atomic E-state index is -3.87. The number of amides is 1. The first kappa shape index (κ1) is 27.0. The highest BCUT2D eigenvalue weighted by molar-refractivity contribution is 7.89. The molecule has 2 N–H and O–H groups in total. The molecule has 0 spiro atoms. The predicted molar refractivity (Wildman–Crippen MR) is 125 cm³/mol. The molecular weight excluding hydrogens is 466 g/mol. The summed E-state index contributed by atoms with van der Waals surface area (Å²) in [7, 11) is -1.04. The van der Waals surface area contributed by atoms with Gasteiger partial charge in [-0.1, -0.05) is 18.2 Å². The van der Waals surface area contributed by atoms with Crippen LogP contribution in [0.4, 0.5) is 5.69 Å². The largest absolute Gasteiger partial charge is 0.493 e. The van der Waals surface area contributed by atoms with E-state index in [9.17, 15) is 23.3 Å². The maximum atomic E-state index is 12.9. The minimum absolute atomic E-state index is 0.000744. The summed E-state index contributed by atoms with van der Waals surface area (Å²) >= 11 is 0. The molecule has 0 unspecified atom stereocenters. The number of rotatable bonds is 11. The Morgan fingerprint density at radius 2 is 1.76 bits per heavy atom. The average Bonchev–Trinajstić information content (AvgIpc) is 2.75. The molecule has 1 amide bonds. The van der Waals surface area contributed by atoms with Gasteiger partial charge in [-0.25, -0.2) is 13.1 Å². The van der Waals surface area contributed by atoms with Crippen LogP contribution < -0.4 is 19.5 Å². The highest BCUT2D eigenvalue weighted by Gasteiger charge is 2.27. The van der Waals surface area contributed by atoms with Crippen molar-refractivity contribution in [2.24, 2.45) is 0 Å². The van der Waals surface area contributed by atoms with Gasteiger partial charge in [0.2, 0.25) is 10.0 Å². The van der Waals surface area contributed by atoms with Crippen LogP contribution in [-0.2, 0) is 21.3 Å². The van der Waals surface area contributed by atoms with Crippen molar-refractivity contribution in [3.63, 3.8) is 0 Å². The van der Waals surface area contributed by atoms with E-state index in [0.29, 0.717) is 5.56 Å². The maximum absolute atomic E-state index is 12.9. The Labute approximate surface area is 198 Å². The smallest absolute Gasteiger partial charge is 0.286 e. The molecule has 0 aliphatic heterocycles. The fraction of sp³-hybridized carbons (Fsp3) is 0.409. The lowest BCUT2D eigenvalue weighted by molar-refractivity contribution is -0.385. The van der Waals surface area contributed by atoms with Crippen LogP contribution in [0.5, 0.6) is 11.5 Å². The summed E-state index contributed by atoms with van der Waals surface area (Å²) in [5.41, 5.74) is -1.13. The van der Waals surface area contributed by atoms with Crippen molar-refractivity contribution < 1.29 is 32.3 Å². The Morgan fingerprint density at radius 3 is 2.35 bits per heavy atom. The molecule has 0 saturated heterocycles. The molecule has 0 heterocycles. The molecule has 0 bridgehead atoms. The first-order valence-electron chi connectivity index (χ1n) is 10.3. The highest BCUT2D eigenvalue weighted by Crippen LogP contribution is 2.35. The van der Waals surface area contributed by atoms with E-state index >= 15 is 0 Å². The lowest BCUT2D eigenvalue weighted by Crippen LogP contribution is -2.41. The summed E-state index contributed by atoms with van der Waals surface area (Å²) in [5.74, 6) is -0.555. The van der Waals surface area contributed by atoms with E-state index in [1.165, 1.54) is 26.4 Å². The number of nitro groups is 1. The zero-order chi connectivity index (χ0) is 25.5. The summed E-state index contributed by atoms with van der Waals surface area (Å²) < 4.78 is 43.8. The van der Waals surface area contributed by atoms with Crippen molar-refractivity contribution in [2.45, 2.75) is 37.8 Å². The second-order valence-corrected chi connectivity index (χ2v) is 9.92. The number of nitrogens with zero attached hydrogens (tertiary/aromatic N) is 1. The summed E-state index contributed by atoms with van der Waals surface area (Å²) in [4.78, 5) is 23.8. The number of nitro benzene ring substituents is 1. The van der Waals surface area contributed by atoms with E-state index in [0.717, 1.165) is 6.07 Å². The second-order valence-electron chi connectivity index (χ2n) is 8.26. The van der Waals surface area contributed by atoms with Gasteiger partial charge < -0.3 is 19.5 Å². The van der Waals surface area contributed by atoms with Crippen LogP contribution in [0.25, 0.3) is 0 Å². The lowest BCUT2D eigenvalue weighted by atomic mass is 10.1. The molecule has 186 valence electrons. The summed E-state index contributed by atoms with van der Waals surface area (Å²) in [6.45, 7) is 5.35. The molecule has 2 aromatic rings. The van der Waals surface area contributed by atoms with Crippen molar-refractivity contribution in [1.29, 1.82) is 0 Å². The number of nitrogens with one attached hydrogen (secondary N) is 2. The number of methoxy groups -OCH3 is 2. The van der Waals surface area contributed by atoms with Crippen LogP contribution in [0.3, 0.4) is 0 Å². The van der Waals surface area contributed by atoms with Crippen LogP contribution in [0.15, 0.2) is 41.3 Å². The number of sulfonamides is 1. The molecule has 0 atom stereocenters. The normalized spacial score (nSPS) is 11.7. The Bertz CT molecular complexity index is 1140. The fourth-order valence-corrected chi connectivity index (χ4v) is 4.69. The molecule has 0 aliphatic carbocycles. The molecule has 0 saturated carbocycles. The number of carbonyl (C=O) groups excluding carboxylic acids is 1. The quantitative estimate of drug-likeness (QED) is 0.275. The van der Waals surface area contributed by atoms with Gasteiger partial charge in [-0.2, -0.15) is 0 Å². The number of hydrogen-bond donors (Lipinski definition) is 2. The molecule has 2 aromatic carbocycles. The molecule has 2 rings (SSSR count). The van der Waals surface area contributed by atoms with Gasteiger partial charge in [0.1, 0.15) is 12.2 Å². The summed E-state index contributed by atoms with van der Waals surface area (Å²) in [6.07, 6.45) is 0. The van der Waals surface area contributed by atoms with Gasteiger partial charge in [-0.05, 0) is 32.4 Å². The summed E-state index contributed by atoms with van der Waals surface area (Å²) in [6, 6.07) is 8.50. The third-order valence-corrected chi connectivity index (χ3v) is 6.27. The molecule has 0 radical (unpaired) electrons. The van der Waals surface area contributed by atoms with E-state index in [-0.39, 0.29) is 41.7 Å². The Morgan fingerprint density at radius 1 is 1.09 bits per heavy atom.